The molecule has 0 spiro atoms. The molecule has 2 N–H and O–H groups in total. The van der Waals surface area contributed by atoms with Gasteiger partial charge >= 0.3 is 0 Å². The Morgan fingerprint density at radius 2 is 2.10 bits per heavy atom. The average molecular weight is 276 g/mol. The largest absolute Gasteiger partial charge is 0.494 e. The maximum Gasteiger partial charge on any atom is 0.223 e. The zero-order valence-corrected chi connectivity index (χ0v) is 12.5. The molecular weight excluding hydrogens is 252 g/mol. The van der Waals surface area contributed by atoms with Crippen molar-refractivity contribution in [3.63, 3.8) is 0 Å². The molecule has 0 bridgehead atoms. The summed E-state index contributed by atoms with van der Waals surface area (Å²) >= 11 is 0. The number of benzene rings is 1. The minimum atomic E-state index is -0.0981. The minimum absolute atomic E-state index is 0.0447. The molecule has 110 valence electrons. The first kappa shape index (κ1) is 14.9. The van der Waals surface area contributed by atoms with E-state index >= 15 is 0 Å². The smallest absolute Gasteiger partial charge is 0.223 e. The summed E-state index contributed by atoms with van der Waals surface area (Å²) in [6.45, 7) is 6.63. The number of nitrogens with two attached hydrogens (primary N) is 1. The first-order valence-electron chi connectivity index (χ1n) is 7.34. The first-order chi connectivity index (χ1) is 9.56. The Labute approximate surface area is 120 Å². The van der Waals surface area contributed by atoms with Crippen molar-refractivity contribution in [1.29, 1.82) is 0 Å². The van der Waals surface area contributed by atoms with Crippen LogP contribution in [0.3, 0.4) is 0 Å². The number of carbonyl (C=O) groups is 1. The topological polar surface area (TPSA) is 55.6 Å². The molecule has 4 heteroatoms. The number of ether oxygens (including phenoxy) is 1. The summed E-state index contributed by atoms with van der Waals surface area (Å²) in [6, 6.07) is 7.88. The molecule has 1 aliphatic heterocycles. The van der Waals surface area contributed by atoms with E-state index in [1.165, 1.54) is 0 Å². The monoisotopic (exact) mass is 276 g/mol. The summed E-state index contributed by atoms with van der Waals surface area (Å²) in [5, 5.41) is 0. The fraction of sp³-hybridized carbons (Fsp3) is 0.562. The van der Waals surface area contributed by atoms with Gasteiger partial charge in [-0.15, -0.1) is 0 Å². The molecule has 20 heavy (non-hydrogen) atoms. The third-order valence-electron chi connectivity index (χ3n) is 3.78. The van der Waals surface area contributed by atoms with Gasteiger partial charge < -0.3 is 15.4 Å². The lowest BCUT2D eigenvalue weighted by Crippen LogP contribution is -2.51. The van der Waals surface area contributed by atoms with Crippen LogP contribution in [0.5, 0.6) is 5.75 Å². The maximum absolute atomic E-state index is 12.3. The lowest BCUT2D eigenvalue weighted by molar-refractivity contribution is -0.139. The Balaban J connectivity index is 2.43. The number of hydrogen-bond donors (Lipinski definition) is 1. The predicted molar refractivity (Wildman–Crippen MR) is 79.5 cm³/mol. The summed E-state index contributed by atoms with van der Waals surface area (Å²) in [5.74, 6) is 1.01. The number of hydrogen-bond acceptors (Lipinski definition) is 3. The van der Waals surface area contributed by atoms with Gasteiger partial charge in [0, 0.05) is 24.1 Å². The number of piperidine rings is 1. The third kappa shape index (κ3) is 2.80. The Kier molecular flexibility index (Phi) is 4.65. The van der Waals surface area contributed by atoms with E-state index in [9.17, 15) is 4.79 Å². The highest BCUT2D eigenvalue weighted by atomic mass is 16.5. The summed E-state index contributed by atoms with van der Waals surface area (Å²) in [6.07, 6.45) is 1.26. The summed E-state index contributed by atoms with van der Waals surface area (Å²) in [5.41, 5.74) is 7.33. The van der Waals surface area contributed by atoms with Crippen LogP contribution < -0.4 is 10.5 Å². The van der Waals surface area contributed by atoms with Crippen molar-refractivity contribution in [3.05, 3.63) is 29.8 Å². The molecule has 0 aliphatic carbocycles. The van der Waals surface area contributed by atoms with Gasteiger partial charge in [0.1, 0.15) is 5.75 Å². The summed E-state index contributed by atoms with van der Waals surface area (Å²) in [7, 11) is 0. The van der Waals surface area contributed by atoms with Crippen molar-refractivity contribution in [2.75, 3.05) is 6.61 Å². The Morgan fingerprint density at radius 1 is 1.40 bits per heavy atom. The van der Waals surface area contributed by atoms with Gasteiger partial charge in [0.15, 0.2) is 0 Å². The van der Waals surface area contributed by atoms with Crippen LogP contribution in [0.4, 0.5) is 0 Å². The molecule has 0 saturated carbocycles. The average Bonchev–Trinajstić information content (AvgIpc) is 2.42. The molecule has 1 saturated heterocycles. The van der Waals surface area contributed by atoms with Gasteiger partial charge in [0.25, 0.3) is 0 Å². The fourth-order valence-corrected chi connectivity index (χ4v) is 2.94. The van der Waals surface area contributed by atoms with Crippen molar-refractivity contribution in [3.8, 4) is 5.75 Å². The number of nitrogens with zero attached hydrogens (tertiary/aromatic N) is 1. The molecule has 2 atom stereocenters. The second-order valence-corrected chi connectivity index (χ2v) is 5.51. The van der Waals surface area contributed by atoms with Gasteiger partial charge in [-0.3, -0.25) is 4.79 Å². The molecule has 1 aromatic carbocycles. The Hall–Kier alpha value is -1.55. The van der Waals surface area contributed by atoms with E-state index in [4.69, 9.17) is 10.5 Å². The summed E-state index contributed by atoms with van der Waals surface area (Å²) < 4.78 is 5.71. The number of rotatable bonds is 4. The van der Waals surface area contributed by atoms with E-state index in [0.717, 1.165) is 17.7 Å². The number of amides is 1. The Bertz CT molecular complexity index is 473. The second kappa shape index (κ2) is 6.27. The highest BCUT2D eigenvalue weighted by molar-refractivity contribution is 5.78. The van der Waals surface area contributed by atoms with Gasteiger partial charge in [-0.05, 0) is 33.3 Å². The number of likely N-dealkylation sites (tertiary alicyclic amines) is 1. The van der Waals surface area contributed by atoms with Gasteiger partial charge in [-0.2, -0.15) is 0 Å². The lowest BCUT2D eigenvalue weighted by atomic mass is 9.89. The van der Waals surface area contributed by atoms with Gasteiger partial charge in [-0.1, -0.05) is 18.2 Å². The van der Waals surface area contributed by atoms with Crippen molar-refractivity contribution >= 4 is 5.91 Å². The molecule has 2 unspecified atom stereocenters. The lowest BCUT2D eigenvalue weighted by Gasteiger charge is -2.42. The molecule has 1 fully saturated rings. The fourth-order valence-electron chi connectivity index (χ4n) is 2.94. The molecule has 1 heterocycles. The van der Waals surface area contributed by atoms with Crippen molar-refractivity contribution in [2.45, 2.75) is 51.7 Å². The molecular formula is C16H24N2O2. The first-order valence-corrected chi connectivity index (χ1v) is 7.34. The molecule has 4 nitrogen and oxygen atoms in total. The highest BCUT2D eigenvalue weighted by Crippen LogP contribution is 2.37. The molecule has 1 amide bonds. The van der Waals surface area contributed by atoms with Crippen LogP contribution in [0.2, 0.25) is 0 Å². The zero-order chi connectivity index (χ0) is 14.7. The Morgan fingerprint density at radius 3 is 2.75 bits per heavy atom. The van der Waals surface area contributed by atoms with E-state index in [2.05, 4.69) is 0 Å². The van der Waals surface area contributed by atoms with E-state index in [1.54, 1.807) is 0 Å². The van der Waals surface area contributed by atoms with Crippen molar-refractivity contribution in [2.24, 2.45) is 5.73 Å². The molecule has 0 aromatic heterocycles. The standard InChI is InChI=1S/C16H24N2O2/c1-4-20-14-8-6-5-7-12(14)16-13(17)9-10-15(19)18(16)11(2)3/h5-8,11,13,16H,4,9-10,17H2,1-3H3. The predicted octanol–water partition coefficient (Wildman–Crippen LogP) is 2.48. The third-order valence-corrected chi connectivity index (χ3v) is 3.78. The van der Waals surface area contributed by atoms with Crippen LogP contribution in [0.25, 0.3) is 0 Å². The molecule has 1 aliphatic rings. The van der Waals surface area contributed by atoms with E-state index < -0.39 is 0 Å². The second-order valence-electron chi connectivity index (χ2n) is 5.51. The van der Waals surface area contributed by atoms with E-state index in [1.807, 2.05) is 49.9 Å². The molecule has 2 rings (SSSR count). The normalized spacial score (nSPS) is 23.2. The van der Waals surface area contributed by atoms with E-state index in [-0.39, 0.29) is 24.0 Å². The molecule has 1 aromatic rings. The van der Waals surface area contributed by atoms with Gasteiger partial charge in [0.2, 0.25) is 5.91 Å². The maximum atomic E-state index is 12.3. The van der Waals surface area contributed by atoms with E-state index in [0.29, 0.717) is 13.0 Å². The quantitative estimate of drug-likeness (QED) is 0.919. The number of para-hydroxylation sites is 1. The number of carbonyl (C=O) groups excluding carboxylic acids is 1. The van der Waals surface area contributed by atoms with Crippen LogP contribution in [-0.4, -0.2) is 29.5 Å². The van der Waals surface area contributed by atoms with Crippen molar-refractivity contribution in [1.82, 2.24) is 4.90 Å². The van der Waals surface area contributed by atoms with Crippen LogP contribution in [0.15, 0.2) is 24.3 Å². The summed E-state index contributed by atoms with van der Waals surface area (Å²) in [4.78, 5) is 14.2. The van der Waals surface area contributed by atoms with Crippen molar-refractivity contribution < 1.29 is 9.53 Å². The van der Waals surface area contributed by atoms with Gasteiger partial charge in [0.05, 0.1) is 12.6 Å². The molecule has 0 radical (unpaired) electrons. The zero-order valence-electron chi connectivity index (χ0n) is 12.5. The minimum Gasteiger partial charge on any atom is -0.494 e. The van der Waals surface area contributed by atoms with Crippen LogP contribution >= 0.6 is 0 Å². The van der Waals surface area contributed by atoms with Crippen LogP contribution in [-0.2, 0) is 4.79 Å². The van der Waals surface area contributed by atoms with Crippen LogP contribution in [0.1, 0.15) is 45.2 Å². The SMILES string of the molecule is CCOc1ccccc1C1C(N)CCC(=O)N1C(C)C. The highest BCUT2D eigenvalue weighted by Gasteiger charge is 2.37. The van der Waals surface area contributed by atoms with Gasteiger partial charge in [-0.25, -0.2) is 0 Å². The van der Waals surface area contributed by atoms with Crippen LogP contribution in [0, 0.1) is 0 Å².